The minimum Gasteiger partial charge on any atom is -0.387 e. The largest absolute Gasteiger partial charge is 0.387 e. The number of benzene rings is 1. The van der Waals surface area contributed by atoms with Crippen LogP contribution in [-0.2, 0) is 42.2 Å². The normalized spacial score (nSPS) is 16.2. The van der Waals surface area contributed by atoms with Gasteiger partial charge in [-0.1, -0.05) is 17.3 Å². The molecule has 1 atom stereocenters. The summed E-state index contributed by atoms with van der Waals surface area (Å²) < 4.78 is 30.3. The number of carbonyl (C=O) groups is 2. The van der Waals surface area contributed by atoms with Crippen LogP contribution in [0, 0.1) is 0 Å². The number of nitrogens with zero attached hydrogens (tertiary/aromatic N) is 6. The second kappa shape index (κ2) is 15.1. The number of methoxy groups -OCH3 is 1. The molecule has 0 aliphatic carbocycles. The molecule has 1 saturated heterocycles. The third kappa shape index (κ3) is 9.10. The van der Waals surface area contributed by atoms with Crippen LogP contribution in [0.15, 0.2) is 59.0 Å². The fourth-order valence-electron chi connectivity index (χ4n) is 4.58. The Balaban J connectivity index is 1.46. The zero-order valence-electron chi connectivity index (χ0n) is 24.3. The fraction of sp³-hybridized carbons (Fsp3) is 0.429. The average molecular weight is 630 g/mol. The first-order valence-corrected chi connectivity index (χ1v) is 16.2. The van der Waals surface area contributed by atoms with Gasteiger partial charge < -0.3 is 14.5 Å². The number of ether oxygens (including phenoxy) is 1. The van der Waals surface area contributed by atoms with Crippen LogP contribution in [0.25, 0.3) is 0 Å². The summed E-state index contributed by atoms with van der Waals surface area (Å²) in [6, 6.07) is 7.69. The zero-order valence-corrected chi connectivity index (χ0v) is 25.9. The van der Waals surface area contributed by atoms with Gasteiger partial charge in [0, 0.05) is 81.9 Å². The lowest BCUT2D eigenvalue weighted by Gasteiger charge is -2.39. The van der Waals surface area contributed by atoms with E-state index in [1.54, 1.807) is 31.6 Å². The first kappa shape index (κ1) is 32.1. The molecule has 15 heteroatoms. The lowest BCUT2D eigenvalue weighted by molar-refractivity contribution is -0.133. The van der Waals surface area contributed by atoms with E-state index in [4.69, 9.17) is 9.57 Å². The number of rotatable bonds is 13. The molecule has 3 aromatic rings. The molecule has 0 bridgehead atoms. The number of amides is 2. The Morgan fingerprint density at radius 3 is 2.56 bits per heavy atom. The predicted molar refractivity (Wildman–Crippen MR) is 161 cm³/mol. The molecule has 43 heavy (non-hydrogen) atoms. The van der Waals surface area contributed by atoms with E-state index in [0.29, 0.717) is 42.6 Å². The summed E-state index contributed by atoms with van der Waals surface area (Å²) in [5, 5.41) is 7.22. The number of hydrogen-bond donors (Lipinski definition) is 1. The molecule has 2 aromatic heterocycles. The number of aromatic nitrogens is 3. The van der Waals surface area contributed by atoms with Crippen molar-refractivity contribution >= 4 is 43.8 Å². The van der Waals surface area contributed by atoms with Crippen LogP contribution in [0.5, 0.6) is 0 Å². The van der Waals surface area contributed by atoms with Crippen molar-refractivity contribution < 1.29 is 27.6 Å². The van der Waals surface area contributed by atoms with Gasteiger partial charge in [0.2, 0.25) is 5.91 Å². The van der Waals surface area contributed by atoms with Crippen molar-refractivity contribution in [1.82, 2.24) is 24.8 Å². The highest BCUT2D eigenvalue weighted by atomic mass is 32.2. The summed E-state index contributed by atoms with van der Waals surface area (Å²) in [5.74, 6) is -0.175. The minimum absolute atomic E-state index is 0.0560. The third-order valence-corrected chi connectivity index (χ3v) is 9.42. The van der Waals surface area contributed by atoms with Gasteiger partial charge in [-0.15, -0.1) is 11.3 Å². The number of thiazole rings is 1. The van der Waals surface area contributed by atoms with Gasteiger partial charge in [-0.2, -0.15) is 0 Å². The van der Waals surface area contributed by atoms with Crippen LogP contribution in [0.1, 0.15) is 36.5 Å². The van der Waals surface area contributed by atoms with Crippen molar-refractivity contribution in [2.45, 2.75) is 44.4 Å². The zero-order chi connectivity index (χ0) is 30.8. The Morgan fingerprint density at radius 2 is 1.88 bits per heavy atom. The molecule has 1 fully saturated rings. The molecular formula is C28H35N7O6S2. The topological polar surface area (TPSA) is 156 Å². The van der Waals surface area contributed by atoms with Gasteiger partial charge >= 0.3 is 0 Å². The van der Waals surface area contributed by atoms with Gasteiger partial charge in [-0.25, -0.2) is 23.4 Å². The molecule has 0 radical (unpaired) electrons. The molecule has 13 nitrogen and oxygen atoms in total. The number of oxime groups is 1. The molecule has 0 spiro atoms. The van der Waals surface area contributed by atoms with Gasteiger partial charge in [0.1, 0.15) is 0 Å². The maximum absolute atomic E-state index is 13.4. The van der Waals surface area contributed by atoms with Crippen molar-refractivity contribution in [2.24, 2.45) is 5.16 Å². The van der Waals surface area contributed by atoms with E-state index in [0.717, 1.165) is 18.0 Å². The molecule has 4 rings (SSSR count). The van der Waals surface area contributed by atoms with Crippen LogP contribution < -0.4 is 5.32 Å². The molecule has 2 amide bonds. The van der Waals surface area contributed by atoms with E-state index in [-0.39, 0.29) is 34.9 Å². The maximum atomic E-state index is 13.4. The quantitative estimate of drug-likeness (QED) is 0.169. The van der Waals surface area contributed by atoms with E-state index in [9.17, 15) is 18.0 Å². The lowest BCUT2D eigenvalue weighted by Crippen LogP contribution is -2.52. The highest BCUT2D eigenvalue weighted by Gasteiger charge is 2.26. The first-order chi connectivity index (χ1) is 20.7. The molecule has 0 saturated carbocycles. The maximum Gasteiger partial charge on any atom is 0.280 e. The minimum atomic E-state index is -3.52. The van der Waals surface area contributed by atoms with Crippen molar-refractivity contribution in [2.75, 3.05) is 44.4 Å². The van der Waals surface area contributed by atoms with E-state index in [1.165, 1.54) is 42.7 Å². The van der Waals surface area contributed by atoms with E-state index < -0.39 is 15.7 Å². The lowest BCUT2D eigenvalue weighted by atomic mass is 10.1. The van der Waals surface area contributed by atoms with Crippen molar-refractivity contribution in [3.8, 4) is 0 Å². The van der Waals surface area contributed by atoms with Crippen LogP contribution in [0.4, 0.5) is 5.13 Å². The summed E-state index contributed by atoms with van der Waals surface area (Å²) in [6.45, 7) is 6.69. The number of sulfone groups is 1. The van der Waals surface area contributed by atoms with Crippen LogP contribution in [0.3, 0.4) is 0 Å². The van der Waals surface area contributed by atoms with E-state index >= 15 is 0 Å². The predicted octanol–water partition coefficient (Wildman–Crippen LogP) is 2.36. The highest BCUT2D eigenvalue weighted by Crippen LogP contribution is 2.22. The molecule has 1 N–H and O–H groups in total. The Bertz CT molecular complexity index is 1510. The first-order valence-electron chi connectivity index (χ1n) is 13.7. The van der Waals surface area contributed by atoms with Gasteiger partial charge in [-0.3, -0.25) is 19.8 Å². The number of carbonyl (C=O) groups excluding carboxylic acids is 2. The molecule has 1 aromatic carbocycles. The Labute approximate surface area is 254 Å². The van der Waals surface area contributed by atoms with Gasteiger partial charge in [0.25, 0.3) is 5.91 Å². The second-order valence-electron chi connectivity index (χ2n) is 9.95. The number of anilines is 1. The van der Waals surface area contributed by atoms with Gasteiger partial charge in [0.15, 0.2) is 33.1 Å². The summed E-state index contributed by atoms with van der Waals surface area (Å²) in [5.41, 5.74) is 0.293. The Kier molecular flexibility index (Phi) is 11.3. The van der Waals surface area contributed by atoms with Crippen LogP contribution in [-0.4, -0.2) is 95.8 Å². The third-order valence-electron chi connectivity index (χ3n) is 6.70. The van der Waals surface area contributed by atoms with Gasteiger partial charge in [0.05, 0.1) is 10.6 Å². The second-order valence-corrected chi connectivity index (χ2v) is 13.2. The summed E-state index contributed by atoms with van der Waals surface area (Å²) in [6.07, 6.45) is 5.22. The van der Waals surface area contributed by atoms with Crippen molar-refractivity contribution in [1.29, 1.82) is 0 Å². The Hall–Kier alpha value is -3.79. The molecule has 230 valence electrons. The monoisotopic (exact) mass is 629 g/mol. The van der Waals surface area contributed by atoms with E-state index in [2.05, 4.69) is 30.3 Å². The molecule has 0 unspecified atom stereocenters. The summed E-state index contributed by atoms with van der Waals surface area (Å²) >= 11 is 1.34. The Morgan fingerprint density at radius 1 is 1.14 bits per heavy atom. The SMILES string of the molecule is COCCCS(=O)(=O)c1ccc(/C(=N\OCc2ncccn2)C(=O)Nc2ncc(CN3CCN(C(C)=O)[C@@H](C)C3)s2)cc1. The molecule has 3 heterocycles. The fourth-order valence-corrected chi connectivity index (χ4v) is 6.71. The number of nitrogens with one attached hydrogen (secondary N) is 1. The highest BCUT2D eigenvalue weighted by molar-refractivity contribution is 7.91. The van der Waals surface area contributed by atoms with Crippen LogP contribution >= 0.6 is 11.3 Å². The summed E-state index contributed by atoms with van der Waals surface area (Å²) in [4.78, 5) is 48.3. The number of piperazine rings is 1. The molecular weight excluding hydrogens is 594 g/mol. The van der Waals surface area contributed by atoms with Gasteiger partial charge in [-0.05, 0) is 31.5 Å². The number of hydrogen-bond acceptors (Lipinski definition) is 12. The van der Waals surface area contributed by atoms with Crippen LogP contribution in [0.2, 0.25) is 0 Å². The average Bonchev–Trinajstić information content (AvgIpc) is 3.42. The smallest absolute Gasteiger partial charge is 0.280 e. The van der Waals surface area contributed by atoms with Crippen molar-refractivity contribution in [3.05, 3.63) is 65.2 Å². The summed E-state index contributed by atoms with van der Waals surface area (Å²) in [7, 11) is -2.00. The standard InChI is InChI=1S/C28H35N7O6S2/c1-20-17-34(12-13-35(20)21(2)36)18-23-16-31-28(42-23)32-27(37)26(33-41-19-25-29-10-4-11-30-25)22-6-8-24(9-7-22)43(38,39)15-5-14-40-3/h4,6-11,16,20H,5,12-15,17-19H2,1-3H3,(H,31,32,37)/b33-26+/t20-/m0/s1. The van der Waals surface area contributed by atoms with E-state index in [1.807, 2.05) is 11.8 Å². The molecule has 1 aliphatic rings. The van der Waals surface area contributed by atoms with Crippen molar-refractivity contribution in [3.63, 3.8) is 0 Å². The molecule has 1 aliphatic heterocycles.